The van der Waals surface area contributed by atoms with Crippen molar-refractivity contribution in [1.29, 1.82) is 0 Å². The SMILES string of the molecule is Cc1nc(-c2ccc(F)c(F)c2)sc1C(=O)NCCOCCO. The van der Waals surface area contributed by atoms with Crippen LogP contribution in [-0.4, -0.2) is 42.4 Å². The first-order valence-electron chi connectivity index (χ1n) is 6.92. The van der Waals surface area contributed by atoms with Gasteiger partial charge >= 0.3 is 0 Å². The summed E-state index contributed by atoms with van der Waals surface area (Å²) >= 11 is 1.11. The van der Waals surface area contributed by atoms with Crippen LogP contribution >= 0.6 is 11.3 Å². The van der Waals surface area contributed by atoms with E-state index in [-0.39, 0.29) is 19.1 Å². The molecule has 1 aromatic carbocycles. The van der Waals surface area contributed by atoms with E-state index < -0.39 is 11.6 Å². The summed E-state index contributed by atoms with van der Waals surface area (Å²) in [5, 5.41) is 11.7. The maximum absolute atomic E-state index is 13.3. The molecule has 5 nitrogen and oxygen atoms in total. The summed E-state index contributed by atoms with van der Waals surface area (Å²) in [4.78, 5) is 16.7. The van der Waals surface area contributed by atoms with E-state index in [1.807, 2.05) is 0 Å². The number of ether oxygens (including phenoxy) is 1. The van der Waals surface area contributed by atoms with E-state index in [2.05, 4.69) is 10.3 Å². The number of nitrogens with one attached hydrogen (secondary N) is 1. The average molecular weight is 342 g/mol. The van der Waals surface area contributed by atoms with Gasteiger partial charge in [-0.25, -0.2) is 13.8 Å². The second-order valence-electron chi connectivity index (χ2n) is 4.65. The lowest BCUT2D eigenvalue weighted by Crippen LogP contribution is -2.27. The first-order valence-corrected chi connectivity index (χ1v) is 7.74. The number of carbonyl (C=O) groups excluding carboxylic acids is 1. The number of rotatable bonds is 7. The molecule has 0 fully saturated rings. The molecular weight excluding hydrogens is 326 g/mol. The molecule has 124 valence electrons. The van der Waals surface area contributed by atoms with Crippen molar-refractivity contribution in [2.75, 3.05) is 26.4 Å². The number of benzene rings is 1. The van der Waals surface area contributed by atoms with Gasteiger partial charge in [-0.1, -0.05) is 0 Å². The van der Waals surface area contributed by atoms with Gasteiger partial charge in [-0.3, -0.25) is 4.79 Å². The Labute approximate surface area is 135 Å². The molecular formula is C15H16F2N2O3S. The summed E-state index contributed by atoms with van der Waals surface area (Å²) < 4.78 is 31.3. The molecule has 0 spiro atoms. The molecule has 1 aromatic heterocycles. The van der Waals surface area contributed by atoms with E-state index in [9.17, 15) is 13.6 Å². The van der Waals surface area contributed by atoms with Crippen molar-refractivity contribution in [2.45, 2.75) is 6.92 Å². The van der Waals surface area contributed by atoms with Gasteiger partial charge in [-0.05, 0) is 25.1 Å². The highest BCUT2D eigenvalue weighted by molar-refractivity contribution is 7.17. The van der Waals surface area contributed by atoms with Gasteiger partial charge in [0, 0.05) is 12.1 Å². The minimum Gasteiger partial charge on any atom is -0.394 e. The fraction of sp³-hybridized carbons (Fsp3) is 0.333. The predicted molar refractivity (Wildman–Crippen MR) is 82.4 cm³/mol. The van der Waals surface area contributed by atoms with E-state index in [0.29, 0.717) is 34.3 Å². The topological polar surface area (TPSA) is 71.5 Å². The summed E-state index contributed by atoms with van der Waals surface area (Å²) in [6.45, 7) is 2.42. The third-order valence-corrected chi connectivity index (χ3v) is 4.14. The zero-order valence-electron chi connectivity index (χ0n) is 12.4. The number of hydrogen-bond donors (Lipinski definition) is 2. The Kier molecular flexibility index (Phi) is 6.14. The monoisotopic (exact) mass is 342 g/mol. The van der Waals surface area contributed by atoms with Gasteiger partial charge < -0.3 is 15.2 Å². The van der Waals surface area contributed by atoms with E-state index in [1.165, 1.54) is 6.07 Å². The zero-order valence-corrected chi connectivity index (χ0v) is 13.3. The molecule has 0 saturated heterocycles. The van der Waals surface area contributed by atoms with Gasteiger partial charge in [-0.15, -0.1) is 11.3 Å². The molecule has 23 heavy (non-hydrogen) atoms. The van der Waals surface area contributed by atoms with Crippen LogP contribution in [0.1, 0.15) is 15.4 Å². The van der Waals surface area contributed by atoms with E-state index in [1.54, 1.807) is 6.92 Å². The highest BCUT2D eigenvalue weighted by Crippen LogP contribution is 2.28. The summed E-state index contributed by atoms with van der Waals surface area (Å²) in [6, 6.07) is 3.50. The van der Waals surface area contributed by atoms with Crippen LogP contribution in [0.25, 0.3) is 10.6 Å². The Morgan fingerprint density at radius 2 is 2.13 bits per heavy atom. The molecule has 2 rings (SSSR count). The summed E-state index contributed by atoms with van der Waals surface area (Å²) in [5.74, 6) is -2.19. The van der Waals surface area contributed by atoms with Crippen molar-refractivity contribution in [1.82, 2.24) is 10.3 Å². The van der Waals surface area contributed by atoms with Crippen LogP contribution in [0.15, 0.2) is 18.2 Å². The van der Waals surface area contributed by atoms with Crippen molar-refractivity contribution in [3.8, 4) is 10.6 Å². The number of aryl methyl sites for hydroxylation is 1. The van der Waals surface area contributed by atoms with Gasteiger partial charge in [-0.2, -0.15) is 0 Å². The molecule has 0 unspecified atom stereocenters. The Morgan fingerprint density at radius 1 is 1.35 bits per heavy atom. The fourth-order valence-corrected chi connectivity index (χ4v) is 2.82. The van der Waals surface area contributed by atoms with Crippen LogP contribution in [0.3, 0.4) is 0 Å². The highest BCUT2D eigenvalue weighted by atomic mass is 32.1. The van der Waals surface area contributed by atoms with Crippen LogP contribution in [0, 0.1) is 18.6 Å². The fourth-order valence-electron chi connectivity index (χ4n) is 1.84. The minimum atomic E-state index is -0.956. The number of nitrogens with zero attached hydrogens (tertiary/aromatic N) is 1. The molecule has 0 atom stereocenters. The number of carbonyl (C=O) groups is 1. The lowest BCUT2D eigenvalue weighted by atomic mass is 10.2. The Bertz CT molecular complexity index is 691. The van der Waals surface area contributed by atoms with Crippen molar-refractivity contribution in [2.24, 2.45) is 0 Å². The molecule has 2 N–H and O–H groups in total. The van der Waals surface area contributed by atoms with Crippen LogP contribution in [0.4, 0.5) is 8.78 Å². The molecule has 0 radical (unpaired) electrons. The van der Waals surface area contributed by atoms with Gasteiger partial charge in [0.05, 0.1) is 25.5 Å². The molecule has 0 aliphatic carbocycles. The Hall–Kier alpha value is -1.90. The Balaban J connectivity index is 2.05. The van der Waals surface area contributed by atoms with Crippen LogP contribution in [0.5, 0.6) is 0 Å². The predicted octanol–water partition coefficient (Wildman–Crippen LogP) is 2.14. The number of aliphatic hydroxyl groups is 1. The number of thiazole rings is 1. The zero-order chi connectivity index (χ0) is 16.8. The third-order valence-electron chi connectivity index (χ3n) is 2.94. The molecule has 0 aliphatic rings. The molecule has 0 saturated carbocycles. The number of aromatic nitrogens is 1. The van der Waals surface area contributed by atoms with Crippen LogP contribution < -0.4 is 5.32 Å². The van der Waals surface area contributed by atoms with Crippen molar-refractivity contribution in [3.05, 3.63) is 40.4 Å². The van der Waals surface area contributed by atoms with Crippen LogP contribution in [0.2, 0.25) is 0 Å². The lowest BCUT2D eigenvalue weighted by Gasteiger charge is -2.04. The third kappa shape index (κ3) is 4.54. The van der Waals surface area contributed by atoms with Crippen LogP contribution in [-0.2, 0) is 4.74 Å². The minimum absolute atomic E-state index is 0.0700. The van der Waals surface area contributed by atoms with Crippen molar-refractivity contribution < 1.29 is 23.4 Å². The number of hydrogen-bond acceptors (Lipinski definition) is 5. The largest absolute Gasteiger partial charge is 0.394 e. The smallest absolute Gasteiger partial charge is 0.263 e. The quantitative estimate of drug-likeness (QED) is 0.756. The molecule has 8 heteroatoms. The van der Waals surface area contributed by atoms with Gasteiger partial charge in [0.1, 0.15) is 9.88 Å². The number of halogens is 2. The van der Waals surface area contributed by atoms with E-state index in [4.69, 9.17) is 9.84 Å². The number of aliphatic hydroxyl groups excluding tert-OH is 1. The number of amides is 1. The summed E-state index contributed by atoms with van der Waals surface area (Å²) in [6.07, 6.45) is 0. The molecule has 0 aliphatic heterocycles. The second-order valence-corrected chi connectivity index (χ2v) is 5.65. The summed E-state index contributed by atoms with van der Waals surface area (Å²) in [5.41, 5.74) is 0.936. The van der Waals surface area contributed by atoms with Crippen molar-refractivity contribution >= 4 is 17.2 Å². The van der Waals surface area contributed by atoms with E-state index >= 15 is 0 Å². The standard InChI is InChI=1S/C15H16F2N2O3S/c1-9-13(14(21)18-4-6-22-7-5-20)23-15(19-9)10-2-3-11(16)12(17)8-10/h2-3,8,20H,4-7H2,1H3,(H,18,21). The Morgan fingerprint density at radius 3 is 2.83 bits per heavy atom. The van der Waals surface area contributed by atoms with Gasteiger partial charge in [0.15, 0.2) is 11.6 Å². The van der Waals surface area contributed by atoms with Gasteiger partial charge in [0.25, 0.3) is 5.91 Å². The van der Waals surface area contributed by atoms with Gasteiger partial charge in [0.2, 0.25) is 0 Å². The second kappa shape index (κ2) is 8.09. The maximum Gasteiger partial charge on any atom is 0.263 e. The molecule has 2 aromatic rings. The highest BCUT2D eigenvalue weighted by Gasteiger charge is 2.16. The van der Waals surface area contributed by atoms with Crippen molar-refractivity contribution in [3.63, 3.8) is 0 Å². The molecule has 1 amide bonds. The maximum atomic E-state index is 13.3. The molecule has 1 heterocycles. The normalized spacial score (nSPS) is 10.8. The average Bonchev–Trinajstić information content (AvgIpc) is 2.91. The van der Waals surface area contributed by atoms with E-state index in [0.717, 1.165) is 23.5 Å². The lowest BCUT2D eigenvalue weighted by molar-refractivity contribution is 0.0840. The summed E-state index contributed by atoms with van der Waals surface area (Å²) in [7, 11) is 0. The first-order chi connectivity index (χ1) is 11.0. The first kappa shape index (κ1) is 17.5. The molecule has 0 bridgehead atoms.